The largest absolute Gasteiger partial charge is 0.296 e. The molecule has 2 rings (SSSR count). The average molecular weight is 173 g/mol. The summed E-state index contributed by atoms with van der Waals surface area (Å²) in [7, 11) is -3.99. The van der Waals surface area contributed by atoms with Crippen LogP contribution in [0, 0.1) is 0 Å². The van der Waals surface area contributed by atoms with Gasteiger partial charge in [0.1, 0.15) is 0 Å². The van der Waals surface area contributed by atoms with Gasteiger partial charge in [0.15, 0.2) is 0 Å². The Morgan fingerprint density at radius 3 is 2.45 bits per heavy atom. The summed E-state index contributed by atoms with van der Waals surface area (Å²) in [6, 6.07) is -0.327. The zero-order chi connectivity index (χ0) is 8.06. The van der Waals surface area contributed by atoms with Crippen LogP contribution < -0.4 is 5.32 Å². The molecule has 0 amide bonds. The van der Waals surface area contributed by atoms with Gasteiger partial charge in [0.25, 0.3) is 10.1 Å². The minimum absolute atomic E-state index is 0.0167. The fourth-order valence-corrected chi connectivity index (χ4v) is 2.14. The smallest absolute Gasteiger partial charge is 0.292 e. The minimum Gasteiger partial charge on any atom is -0.296 e. The monoisotopic (exact) mass is 173 g/mol. The van der Waals surface area contributed by atoms with Crippen LogP contribution in [0.3, 0.4) is 0 Å². The lowest BCUT2D eigenvalue weighted by Crippen LogP contribution is -2.24. The van der Waals surface area contributed by atoms with Gasteiger partial charge in [-0.1, -0.05) is 12.2 Å². The second-order valence-electron chi connectivity index (χ2n) is 2.60. The van der Waals surface area contributed by atoms with Crippen molar-refractivity contribution in [2.45, 2.75) is 12.1 Å². The molecule has 0 aromatic carbocycles. The van der Waals surface area contributed by atoms with Gasteiger partial charge < -0.3 is 0 Å². The first-order valence-electron chi connectivity index (χ1n) is 3.21. The predicted octanol–water partition coefficient (Wildman–Crippen LogP) is -0.332. The molecule has 0 saturated heterocycles. The van der Waals surface area contributed by atoms with E-state index in [1.54, 1.807) is 6.08 Å². The van der Waals surface area contributed by atoms with Crippen molar-refractivity contribution < 1.29 is 13.0 Å². The third-order valence-corrected chi connectivity index (χ3v) is 2.82. The maximum absolute atomic E-state index is 10.6. The van der Waals surface area contributed by atoms with Crippen molar-refractivity contribution in [3.8, 4) is 0 Å². The van der Waals surface area contributed by atoms with Crippen LogP contribution in [0.5, 0.6) is 0 Å². The molecule has 4 nitrogen and oxygen atoms in total. The van der Waals surface area contributed by atoms with Gasteiger partial charge >= 0.3 is 0 Å². The van der Waals surface area contributed by atoms with Crippen LogP contribution in [-0.2, 0) is 10.1 Å². The fraction of sp³-hybridized carbons (Fsp3) is 0.333. The Bertz CT molecular complexity index is 341. The zero-order valence-corrected chi connectivity index (χ0v) is 6.38. The van der Waals surface area contributed by atoms with Gasteiger partial charge in [0.05, 0.1) is 10.9 Å². The number of hydrogen-bond donors (Lipinski definition) is 2. The normalized spacial score (nSPS) is 34.5. The van der Waals surface area contributed by atoms with Gasteiger partial charge in [-0.05, 0) is 6.08 Å². The van der Waals surface area contributed by atoms with E-state index in [1.807, 2.05) is 6.08 Å². The summed E-state index contributed by atoms with van der Waals surface area (Å²) in [6.07, 6.45) is 5.10. The van der Waals surface area contributed by atoms with Crippen LogP contribution in [0.2, 0.25) is 0 Å². The molecule has 0 aromatic heterocycles. The van der Waals surface area contributed by atoms with E-state index in [0.29, 0.717) is 0 Å². The number of nitrogens with one attached hydrogen (secondary N) is 1. The summed E-state index contributed by atoms with van der Waals surface area (Å²) >= 11 is 0. The van der Waals surface area contributed by atoms with Crippen LogP contribution in [0.1, 0.15) is 0 Å². The van der Waals surface area contributed by atoms with Gasteiger partial charge in [-0.2, -0.15) is 8.42 Å². The molecule has 5 heteroatoms. The molecular formula is C6H7NO3S. The predicted molar refractivity (Wildman–Crippen MR) is 39.5 cm³/mol. The van der Waals surface area contributed by atoms with Crippen molar-refractivity contribution in [2.24, 2.45) is 0 Å². The third-order valence-electron chi connectivity index (χ3n) is 1.83. The van der Waals surface area contributed by atoms with Gasteiger partial charge in [-0.15, -0.1) is 0 Å². The van der Waals surface area contributed by atoms with Crippen molar-refractivity contribution in [3.63, 3.8) is 0 Å². The standard InChI is InChI=1S/C6H7NO3S/c8-11(9,10)6-3-4-1-2-5(6)7-4/h1-5,7H,(H,8,9,10). The fourth-order valence-electron chi connectivity index (χ4n) is 1.36. The van der Waals surface area contributed by atoms with E-state index in [-0.39, 0.29) is 17.0 Å². The van der Waals surface area contributed by atoms with Crippen LogP contribution >= 0.6 is 0 Å². The summed E-state index contributed by atoms with van der Waals surface area (Å²) < 4.78 is 29.9. The molecule has 2 atom stereocenters. The van der Waals surface area contributed by atoms with E-state index in [4.69, 9.17) is 4.55 Å². The average Bonchev–Trinajstić information content (AvgIpc) is 2.42. The highest BCUT2D eigenvalue weighted by molar-refractivity contribution is 7.89. The van der Waals surface area contributed by atoms with E-state index in [1.165, 1.54) is 6.08 Å². The first-order valence-corrected chi connectivity index (χ1v) is 4.65. The Balaban J connectivity index is 2.41. The Labute approximate surface area is 64.4 Å². The molecule has 60 valence electrons. The highest BCUT2D eigenvalue weighted by Gasteiger charge is 2.33. The highest BCUT2D eigenvalue weighted by atomic mass is 32.2. The van der Waals surface area contributed by atoms with Gasteiger partial charge in [0, 0.05) is 6.04 Å². The molecular weight excluding hydrogens is 166 g/mol. The minimum atomic E-state index is -3.99. The molecule has 2 heterocycles. The van der Waals surface area contributed by atoms with Crippen molar-refractivity contribution in [2.75, 3.05) is 0 Å². The molecule has 0 spiro atoms. The number of fused-ring (bicyclic) bond motifs is 2. The van der Waals surface area contributed by atoms with Crippen LogP contribution in [0.15, 0.2) is 23.1 Å². The molecule has 11 heavy (non-hydrogen) atoms. The van der Waals surface area contributed by atoms with Gasteiger partial charge in [-0.3, -0.25) is 9.87 Å². The van der Waals surface area contributed by atoms with E-state index in [0.717, 1.165) is 0 Å². The third kappa shape index (κ3) is 1.01. The molecule has 2 N–H and O–H groups in total. The molecule has 2 aliphatic heterocycles. The highest BCUT2D eigenvalue weighted by Crippen LogP contribution is 2.24. The first-order chi connectivity index (χ1) is 5.07. The molecule has 0 aliphatic carbocycles. The van der Waals surface area contributed by atoms with Crippen molar-refractivity contribution >= 4 is 10.1 Å². The first kappa shape index (κ1) is 7.02. The Kier molecular flexibility index (Phi) is 1.24. The summed E-state index contributed by atoms with van der Waals surface area (Å²) in [6.45, 7) is 0. The van der Waals surface area contributed by atoms with Gasteiger partial charge in [-0.25, -0.2) is 0 Å². The lowest BCUT2D eigenvalue weighted by molar-refractivity contribution is 0.488. The lowest BCUT2D eigenvalue weighted by atomic mass is 10.2. The van der Waals surface area contributed by atoms with Crippen LogP contribution in [0.25, 0.3) is 0 Å². The Hall–Kier alpha value is -0.650. The second kappa shape index (κ2) is 1.94. The van der Waals surface area contributed by atoms with Crippen molar-refractivity contribution in [3.05, 3.63) is 23.1 Å². The summed E-state index contributed by atoms with van der Waals surface area (Å²) in [5, 5.41) is 2.94. The zero-order valence-electron chi connectivity index (χ0n) is 5.56. The van der Waals surface area contributed by atoms with E-state index in [9.17, 15) is 8.42 Å². The molecule has 0 saturated carbocycles. The van der Waals surface area contributed by atoms with Crippen molar-refractivity contribution in [1.29, 1.82) is 0 Å². The van der Waals surface area contributed by atoms with E-state index >= 15 is 0 Å². The maximum atomic E-state index is 10.6. The molecule has 2 unspecified atom stereocenters. The number of hydrogen-bond acceptors (Lipinski definition) is 3. The summed E-state index contributed by atoms with van der Waals surface area (Å²) in [5.74, 6) is 0. The van der Waals surface area contributed by atoms with Gasteiger partial charge in [0.2, 0.25) is 0 Å². The summed E-state index contributed by atoms with van der Waals surface area (Å²) in [5.41, 5.74) is 0. The van der Waals surface area contributed by atoms with Crippen LogP contribution in [0.4, 0.5) is 0 Å². The lowest BCUT2D eigenvalue weighted by Gasteiger charge is -2.04. The Morgan fingerprint density at radius 1 is 1.45 bits per heavy atom. The molecule has 0 aromatic rings. The van der Waals surface area contributed by atoms with E-state index < -0.39 is 10.1 Å². The van der Waals surface area contributed by atoms with Crippen molar-refractivity contribution in [1.82, 2.24) is 5.32 Å². The SMILES string of the molecule is O=S(=O)(O)C1=CC2C=CC1N2. The maximum Gasteiger partial charge on any atom is 0.292 e. The van der Waals surface area contributed by atoms with E-state index in [2.05, 4.69) is 5.32 Å². The topological polar surface area (TPSA) is 66.4 Å². The number of rotatable bonds is 1. The summed E-state index contributed by atoms with van der Waals surface area (Å²) in [4.78, 5) is 0.0741. The van der Waals surface area contributed by atoms with Crippen LogP contribution in [-0.4, -0.2) is 25.1 Å². The molecule has 2 aliphatic rings. The second-order valence-corrected chi connectivity index (χ2v) is 4.02. The molecule has 2 bridgehead atoms. The Morgan fingerprint density at radius 2 is 2.18 bits per heavy atom. The molecule has 0 radical (unpaired) electrons. The quantitative estimate of drug-likeness (QED) is 0.421. The molecule has 0 fully saturated rings.